The molecule has 2 rings (SSSR count). The Hall–Kier alpha value is -1.99. The summed E-state index contributed by atoms with van der Waals surface area (Å²) >= 11 is 0. The number of aromatic nitrogens is 2. The van der Waals surface area contributed by atoms with Crippen molar-refractivity contribution in [1.82, 2.24) is 14.9 Å². The van der Waals surface area contributed by atoms with E-state index in [4.69, 9.17) is 4.74 Å². The van der Waals surface area contributed by atoms with Crippen LogP contribution >= 0.6 is 0 Å². The first-order chi connectivity index (χ1) is 11.1. The third-order valence-electron chi connectivity index (χ3n) is 3.71. The number of aryl methyl sites for hydroxylation is 1. The molecule has 1 aliphatic heterocycles. The molecule has 1 aromatic rings. The highest BCUT2D eigenvalue weighted by atomic mass is 19.3. The topological polar surface area (TPSA) is 67.4 Å². The molecule has 2 heterocycles. The Labute approximate surface area is 140 Å². The second-order valence-electron chi connectivity index (χ2n) is 7.07. The van der Waals surface area contributed by atoms with Gasteiger partial charge in [-0.15, -0.1) is 0 Å². The number of halogens is 2. The molecule has 1 aliphatic rings. The number of rotatable bonds is 3. The van der Waals surface area contributed by atoms with Crippen LogP contribution in [0.3, 0.4) is 0 Å². The van der Waals surface area contributed by atoms with Crippen molar-refractivity contribution in [3.8, 4) is 0 Å². The second-order valence-corrected chi connectivity index (χ2v) is 7.07. The summed E-state index contributed by atoms with van der Waals surface area (Å²) in [4.78, 5) is 21.2. The van der Waals surface area contributed by atoms with Gasteiger partial charge in [-0.25, -0.2) is 18.6 Å². The molecule has 0 aliphatic carbocycles. The van der Waals surface area contributed by atoms with Gasteiger partial charge in [0, 0.05) is 19.0 Å². The van der Waals surface area contributed by atoms with Crippen molar-refractivity contribution in [2.24, 2.45) is 5.92 Å². The minimum absolute atomic E-state index is 0.0763. The van der Waals surface area contributed by atoms with E-state index in [0.29, 0.717) is 5.82 Å². The van der Waals surface area contributed by atoms with Gasteiger partial charge in [0.15, 0.2) is 0 Å². The van der Waals surface area contributed by atoms with E-state index in [9.17, 15) is 13.6 Å². The van der Waals surface area contributed by atoms with Crippen molar-refractivity contribution in [1.29, 1.82) is 0 Å². The fourth-order valence-corrected chi connectivity index (χ4v) is 2.43. The highest BCUT2D eigenvalue weighted by Gasteiger charge is 2.46. The zero-order valence-electron chi connectivity index (χ0n) is 14.5. The number of likely N-dealkylation sites (tertiary alicyclic amines) is 1. The molecule has 0 aromatic carbocycles. The minimum Gasteiger partial charge on any atom is -0.444 e. The number of hydrogen-bond acceptors (Lipinski definition) is 5. The number of alkyl halides is 2. The van der Waals surface area contributed by atoms with Gasteiger partial charge in [0.1, 0.15) is 11.4 Å². The Morgan fingerprint density at radius 1 is 1.42 bits per heavy atom. The number of carbonyl (C=O) groups excluding carboxylic acids is 1. The SMILES string of the molecule is Cc1cnc(NC[C@@H]2CCN(C(=O)OC(C)(C)C)CC2(F)F)cn1. The van der Waals surface area contributed by atoms with Crippen LogP contribution in [0.1, 0.15) is 32.9 Å². The number of nitrogens with zero attached hydrogens (tertiary/aromatic N) is 3. The molecular formula is C16H24F2N4O2. The largest absolute Gasteiger partial charge is 0.444 e. The molecule has 0 unspecified atom stereocenters. The summed E-state index contributed by atoms with van der Waals surface area (Å²) < 4.78 is 33.9. The Kier molecular flexibility index (Phi) is 5.25. The van der Waals surface area contributed by atoms with Crippen LogP contribution in [0.15, 0.2) is 12.4 Å². The summed E-state index contributed by atoms with van der Waals surface area (Å²) in [5, 5.41) is 2.89. The van der Waals surface area contributed by atoms with Gasteiger partial charge in [0.05, 0.1) is 24.6 Å². The monoisotopic (exact) mass is 342 g/mol. The zero-order valence-corrected chi connectivity index (χ0v) is 14.5. The molecule has 0 radical (unpaired) electrons. The summed E-state index contributed by atoms with van der Waals surface area (Å²) in [5.74, 6) is -3.40. The molecule has 134 valence electrons. The van der Waals surface area contributed by atoms with Crippen molar-refractivity contribution < 1.29 is 18.3 Å². The fraction of sp³-hybridized carbons (Fsp3) is 0.688. The number of carbonyl (C=O) groups is 1. The van der Waals surface area contributed by atoms with Crippen LogP contribution in [-0.2, 0) is 4.74 Å². The predicted molar refractivity (Wildman–Crippen MR) is 86.1 cm³/mol. The summed E-state index contributed by atoms with van der Waals surface area (Å²) in [7, 11) is 0. The van der Waals surface area contributed by atoms with E-state index in [-0.39, 0.29) is 19.5 Å². The number of nitrogens with one attached hydrogen (secondary N) is 1. The lowest BCUT2D eigenvalue weighted by atomic mass is 9.93. The molecule has 1 fully saturated rings. The average molecular weight is 342 g/mol. The Balaban J connectivity index is 1.91. The van der Waals surface area contributed by atoms with Gasteiger partial charge in [0.25, 0.3) is 5.92 Å². The number of ether oxygens (including phenoxy) is 1. The molecule has 0 spiro atoms. The average Bonchev–Trinajstić information content (AvgIpc) is 2.45. The van der Waals surface area contributed by atoms with E-state index in [1.54, 1.807) is 33.9 Å². The molecule has 1 saturated heterocycles. The fourth-order valence-electron chi connectivity index (χ4n) is 2.43. The van der Waals surface area contributed by atoms with Crippen LogP contribution in [0.4, 0.5) is 19.4 Å². The minimum atomic E-state index is -2.99. The van der Waals surface area contributed by atoms with Gasteiger partial charge < -0.3 is 15.0 Å². The maximum Gasteiger partial charge on any atom is 0.410 e. The third kappa shape index (κ3) is 5.01. The van der Waals surface area contributed by atoms with E-state index >= 15 is 0 Å². The first kappa shape index (κ1) is 18.4. The van der Waals surface area contributed by atoms with E-state index < -0.39 is 30.1 Å². The molecule has 24 heavy (non-hydrogen) atoms. The number of amides is 1. The van der Waals surface area contributed by atoms with Gasteiger partial charge in [-0.3, -0.25) is 4.98 Å². The standard InChI is InChI=1S/C16H24F2N4O2/c1-11-7-20-13(9-19-11)21-8-12-5-6-22(10-16(12,17)18)14(23)24-15(2,3)4/h7,9,12H,5-6,8,10H2,1-4H3,(H,20,21)/t12-/m0/s1. The van der Waals surface area contributed by atoms with Gasteiger partial charge >= 0.3 is 6.09 Å². The predicted octanol–water partition coefficient (Wildman–Crippen LogP) is 3.09. The lowest BCUT2D eigenvalue weighted by molar-refractivity contribution is -0.106. The number of hydrogen-bond donors (Lipinski definition) is 1. The van der Waals surface area contributed by atoms with E-state index in [0.717, 1.165) is 10.6 Å². The highest BCUT2D eigenvalue weighted by Crippen LogP contribution is 2.33. The van der Waals surface area contributed by atoms with E-state index in [1.165, 1.54) is 6.20 Å². The Morgan fingerprint density at radius 2 is 2.12 bits per heavy atom. The summed E-state index contributed by atoms with van der Waals surface area (Å²) in [6.07, 6.45) is 2.59. The molecule has 1 aromatic heterocycles. The molecule has 1 atom stereocenters. The lowest BCUT2D eigenvalue weighted by Gasteiger charge is -2.38. The zero-order chi connectivity index (χ0) is 18.0. The van der Waals surface area contributed by atoms with E-state index in [2.05, 4.69) is 15.3 Å². The molecule has 6 nitrogen and oxygen atoms in total. The van der Waals surface area contributed by atoms with Crippen LogP contribution in [0.25, 0.3) is 0 Å². The van der Waals surface area contributed by atoms with Crippen LogP contribution < -0.4 is 5.32 Å². The van der Waals surface area contributed by atoms with Crippen LogP contribution in [0.2, 0.25) is 0 Å². The van der Waals surface area contributed by atoms with Gasteiger partial charge in [-0.05, 0) is 34.1 Å². The Bertz CT molecular complexity index is 572. The number of piperidine rings is 1. The molecule has 0 saturated carbocycles. The molecule has 1 N–H and O–H groups in total. The third-order valence-corrected chi connectivity index (χ3v) is 3.71. The normalized spacial score (nSPS) is 20.6. The summed E-state index contributed by atoms with van der Waals surface area (Å²) in [5.41, 5.74) is 0.0612. The Morgan fingerprint density at radius 3 is 2.67 bits per heavy atom. The van der Waals surface area contributed by atoms with E-state index in [1.807, 2.05) is 0 Å². The quantitative estimate of drug-likeness (QED) is 0.914. The molecule has 0 bridgehead atoms. The van der Waals surface area contributed by atoms with Crippen LogP contribution in [0, 0.1) is 12.8 Å². The van der Waals surface area contributed by atoms with Crippen molar-refractivity contribution >= 4 is 11.9 Å². The van der Waals surface area contributed by atoms with Crippen molar-refractivity contribution in [3.05, 3.63) is 18.1 Å². The van der Waals surface area contributed by atoms with Crippen molar-refractivity contribution in [2.45, 2.75) is 45.6 Å². The summed E-state index contributed by atoms with van der Waals surface area (Å²) in [6.45, 7) is 6.63. The number of anilines is 1. The van der Waals surface area contributed by atoms with Crippen LogP contribution in [0.5, 0.6) is 0 Å². The summed E-state index contributed by atoms with van der Waals surface area (Å²) in [6, 6.07) is 0. The van der Waals surface area contributed by atoms with Crippen molar-refractivity contribution in [2.75, 3.05) is 25.0 Å². The van der Waals surface area contributed by atoms with Crippen LogP contribution in [-0.4, -0.2) is 52.1 Å². The molecule has 8 heteroatoms. The smallest absolute Gasteiger partial charge is 0.410 e. The molecular weight excluding hydrogens is 318 g/mol. The van der Waals surface area contributed by atoms with Crippen molar-refractivity contribution in [3.63, 3.8) is 0 Å². The molecule has 1 amide bonds. The maximum absolute atomic E-state index is 14.4. The lowest BCUT2D eigenvalue weighted by Crippen LogP contribution is -2.53. The van der Waals surface area contributed by atoms with Gasteiger partial charge in [-0.2, -0.15) is 0 Å². The first-order valence-corrected chi connectivity index (χ1v) is 7.95. The maximum atomic E-state index is 14.4. The van der Waals surface area contributed by atoms with Gasteiger partial charge in [0.2, 0.25) is 0 Å². The second kappa shape index (κ2) is 6.86. The first-order valence-electron chi connectivity index (χ1n) is 7.95. The highest BCUT2D eigenvalue weighted by molar-refractivity contribution is 5.68. The van der Waals surface area contributed by atoms with Gasteiger partial charge in [-0.1, -0.05) is 0 Å².